The van der Waals surface area contributed by atoms with E-state index in [1.165, 1.54) is 37.4 Å². The molecule has 2 N–H and O–H groups in total. The summed E-state index contributed by atoms with van der Waals surface area (Å²) in [5.41, 5.74) is 0.904. The number of anilines is 1. The van der Waals surface area contributed by atoms with E-state index in [4.69, 9.17) is 4.74 Å². The summed E-state index contributed by atoms with van der Waals surface area (Å²) in [6, 6.07) is 8.66. The third-order valence-electron chi connectivity index (χ3n) is 2.82. The molecule has 4 nitrogen and oxygen atoms in total. The molecule has 2 rings (SSSR count). The fourth-order valence-corrected chi connectivity index (χ4v) is 1.75. The molecule has 0 heterocycles. The summed E-state index contributed by atoms with van der Waals surface area (Å²) >= 11 is 0. The summed E-state index contributed by atoms with van der Waals surface area (Å²) in [6.07, 6.45) is 0. The topological polar surface area (TPSA) is 58.6 Å². The molecule has 1 amide bonds. The van der Waals surface area contributed by atoms with Crippen molar-refractivity contribution in [2.75, 3.05) is 12.4 Å². The Labute approximate surface area is 115 Å². The number of nitrogens with one attached hydrogen (secondary N) is 1. The largest absolute Gasteiger partial charge is 0.507 e. The van der Waals surface area contributed by atoms with Crippen LogP contribution in [0.5, 0.6) is 11.5 Å². The molecule has 5 heteroatoms. The maximum atomic E-state index is 13.6. The first-order valence-corrected chi connectivity index (χ1v) is 5.96. The van der Waals surface area contributed by atoms with E-state index in [1.807, 2.05) is 0 Å². The second-order valence-corrected chi connectivity index (χ2v) is 4.32. The Morgan fingerprint density at radius 1 is 1.25 bits per heavy atom. The number of phenolic OH excluding ortho intramolecular Hbond substituents is 1. The van der Waals surface area contributed by atoms with E-state index < -0.39 is 11.7 Å². The van der Waals surface area contributed by atoms with Gasteiger partial charge in [0.2, 0.25) is 0 Å². The van der Waals surface area contributed by atoms with Crippen LogP contribution in [-0.4, -0.2) is 18.1 Å². The monoisotopic (exact) mass is 275 g/mol. The van der Waals surface area contributed by atoms with E-state index in [9.17, 15) is 14.3 Å². The van der Waals surface area contributed by atoms with Gasteiger partial charge in [-0.3, -0.25) is 4.79 Å². The van der Waals surface area contributed by atoms with Crippen molar-refractivity contribution in [1.82, 2.24) is 0 Å². The third-order valence-corrected chi connectivity index (χ3v) is 2.82. The molecule has 2 aromatic rings. The maximum absolute atomic E-state index is 13.6. The minimum atomic E-state index is -0.585. The highest BCUT2D eigenvalue weighted by molar-refractivity contribution is 6.06. The number of ether oxygens (including phenoxy) is 1. The van der Waals surface area contributed by atoms with Gasteiger partial charge in [-0.1, -0.05) is 11.6 Å². The number of carbonyl (C=O) groups excluding carboxylic acids is 1. The SMILES string of the molecule is COc1ccc(F)c(NC(=O)c2cc(C)ccc2O)c1. The number of aryl methyl sites for hydroxylation is 1. The summed E-state index contributed by atoms with van der Waals surface area (Å²) < 4.78 is 18.6. The van der Waals surface area contributed by atoms with E-state index in [0.717, 1.165) is 5.56 Å². The van der Waals surface area contributed by atoms with Crippen LogP contribution < -0.4 is 10.1 Å². The highest BCUT2D eigenvalue weighted by Gasteiger charge is 2.14. The van der Waals surface area contributed by atoms with Gasteiger partial charge >= 0.3 is 0 Å². The molecule has 0 atom stereocenters. The Bertz CT molecular complexity index is 656. The van der Waals surface area contributed by atoms with Crippen LogP contribution in [0.1, 0.15) is 15.9 Å². The van der Waals surface area contributed by atoms with Gasteiger partial charge in [-0.05, 0) is 31.2 Å². The Kier molecular flexibility index (Phi) is 3.89. The molecule has 0 spiro atoms. The predicted octanol–water partition coefficient (Wildman–Crippen LogP) is 3.10. The summed E-state index contributed by atoms with van der Waals surface area (Å²) in [7, 11) is 1.45. The van der Waals surface area contributed by atoms with Crippen molar-refractivity contribution in [3.8, 4) is 11.5 Å². The van der Waals surface area contributed by atoms with Crippen LogP contribution in [0.4, 0.5) is 10.1 Å². The van der Waals surface area contributed by atoms with Gasteiger partial charge in [0.1, 0.15) is 17.3 Å². The third kappa shape index (κ3) is 2.88. The van der Waals surface area contributed by atoms with Crippen LogP contribution in [0.2, 0.25) is 0 Å². The molecule has 2 aromatic carbocycles. The number of amides is 1. The zero-order chi connectivity index (χ0) is 14.7. The smallest absolute Gasteiger partial charge is 0.259 e. The van der Waals surface area contributed by atoms with Crippen molar-refractivity contribution < 1.29 is 19.0 Å². The predicted molar refractivity (Wildman–Crippen MR) is 73.7 cm³/mol. The van der Waals surface area contributed by atoms with Gasteiger partial charge in [-0.25, -0.2) is 4.39 Å². The minimum Gasteiger partial charge on any atom is -0.507 e. The number of carbonyl (C=O) groups is 1. The molecule has 0 saturated carbocycles. The fourth-order valence-electron chi connectivity index (χ4n) is 1.75. The van der Waals surface area contributed by atoms with Crippen LogP contribution >= 0.6 is 0 Å². The number of hydrogen-bond donors (Lipinski definition) is 2. The van der Waals surface area contributed by atoms with Gasteiger partial charge in [0, 0.05) is 6.07 Å². The lowest BCUT2D eigenvalue weighted by Crippen LogP contribution is -2.13. The summed E-state index contributed by atoms with van der Waals surface area (Å²) in [4.78, 5) is 12.1. The number of rotatable bonds is 3. The first-order valence-electron chi connectivity index (χ1n) is 5.96. The van der Waals surface area contributed by atoms with Gasteiger partial charge in [0.15, 0.2) is 0 Å². The van der Waals surface area contributed by atoms with E-state index in [1.54, 1.807) is 13.0 Å². The van der Waals surface area contributed by atoms with Gasteiger partial charge in [0.05, 0.1) is 18.4 Å². The summed E-state index contributed by atoms with van der Waals surface area (Å²) in [6.45, 7) is 1.79. The number of methoxy groups -OCH3 is 1. The van der Waals surface area contributed by atoms with Gasteiger partial charge in [0.25, 0.3) is 5.91 Å². The second-order valence-electron chi connectivity index (χ2n) is 4.32. The zero-order valence-corrected chi connectivity index (χ0v) is 11.1. The average molecular weight is 275 g/mol. The van der Waals surface area contributed by atoms with Crippen LogP contribution in [0.3, 0.4) is 0 Å². The highest BCUT2D eigenvalue weighted by Crippen LogP contribution is 2.24. The number of halogens is 1. The van der Waals surface area contributed by atoms with Crippen molar-refractivity contribution in [2.24, 2.45) is 0 Å². The molecule has 0 fully saturated rings. The average Bonchev–Trinajstić information content (AvgIpc) is 2.43. The Morgan fingerprint density at radius 3 is 2.70 bits per heavy atom. The lowest BCUT2D eigenvalue weighted by atomic mass is 10.1. The molecule has 0 bridgehead atoms. The van der Waals surface area contributed by atoms with E-state index in [0.29, 0.717) is 5.75 Å². The summed E-state index contributed by atoms with van der Waals surface area (Å²) in [5.74, 6) is -0.892. The summed E-state index contributed by atoms with van der Waals surface area (Å²) in [5, 5.41) is 12.1. The second kappa shape index (κ2) is 5.61. The van der Waals surface area contributed by atoms with Crippen molar-refractivity contribution in [2.45, 2.75) is 6.92 Å². The quantitative estimate of drug-likeness (QED) is 0.905. The molecule has 0 radical (unpaired) electrons. The van der Waals surface area contributed by atoms with Crippen molar-refractivity contribution >= 4 is 11.6 Å². The molecule has 20 heavy (non-hydrogen) atoms. The normalized spacial score (nSPS) is 10.2. The number of hydrogen-bond acceptors (Lipinski definition) is 3. The van der Waals surface area contributed by atoms with Gasteiger partial charge in [-0.15, -0.1) is 0 Å². The number of aromatic hydroxyl groups is 1. The fraction of sp³-hybridized carbons (Fsp3) is 0.133. The van der Waals surface area contributed by atoms with Crippen molar-refractivity contribution in [1.29, 1.82) is 0 Å². The Balaban J connectivity index is 2.30. The van der Waals surface area contributed by atoms with Crippen LogP contribution in [0.25, 0.3) is 0 Å². The van der Waals surface area contributed by atoms with Gasteiger partial charge < -0.3 is 15.2 Å². The Morgan fingerprint density at radius 2 is 2.00 bits per heavy atom. The lowest BCUT2D eigenvalue weighted by Gasteiger charge is -2.09. The zero-order valence-electron chi connectivity index (χ0n) is 11.1. The lowest BCUT2D eigenvalue weighted by molar-refractivity contribution is 0.102. The molecule has 0 aliphatic rings. The number of phenols is 1. The van der Waals surface area contributed by atoms with E-state index >= 15 is 0 Å². The molecule has 0 saturated heterocycles. The Hall–Kier alpha value is -2.56. The van der Waals surface area contributed by atoms with Crippen molar-refractivity contribution in [3.63, 3.8) is 0 Å². The standard InChI is InChI=1S/C15H14FNO3/c1-9-3-6-14(18)11(7-9)15(19)17-13-8-10(20-2)4-5-12(13)16/h3-8,18H,1-2H3,(H,17,19). The maximum Gasteiger partial charge on any atom is 0.259 e. The van der Waals surface area contributed by atoms with Gasteiger partial charge in [-0.2, -0.15) is 0 Å². The van der Waals surface area contributed by atoms with E-state index in [-0.39, 0.29) is 17.0 Å². The van der Waals surface area contributed by atoms with E-state index in [2.05, 4.69) is 5.32 Å². The molecule has 0 unspecified atom stereocenters. The van der Waals surface area contributed by atoms with Crippen LogP contribution in [0, 0.1) is 12.7 Å². The van der Waals surface area contributed by atoms with Crippen LogP contribution in [-0.2, 0) is 0 Å². The minimum absolute atomic E-state index is 0.00439. The molecular formula is C15H14FNO3. The molecule has 0 aliphatic carbocycles. The highest BCUT2D eigenvalue weighted by atomic mass is 19.1. The number of benzene rings is 2. The molecular weight excluding hydrogens is 261 g/mol. The first-order chi connectivity index (χ1) is 9.51. The molecule has 0 aliphatic heterocycles. The van der Waals surface area contributed by atoms with Crippen LogP contribution in [0.15, 0.2) is 36.4 Å². The van der Waals surface area contributed by atoms with Crippen molar-refractivity contribution in [3.05, 3.63) is 53.3 Å². The first kappa shape index (κ1) is 13.9. The molecule has 104 valence electrons. The molecule has 0 aromatic heterocycles.